The van der Waals surface area contributed by atoms with Crippen LogP contribution in [-0.4, -0.2) is 6.04 Å². The smallest absolute Gasteiger partial charge is 0.123 e. The van der Waals surface area contributed by atoms with Crippen LogP contribution in [0.5, 0.6) is 0 Å². The van der Waals surface area contributed by atoms with Crippen LogP contribution in [0.25, 0.3) is 0 Å². The number of nitrogens with two attached hydrogens (primary N) is 1. The molecule has 0 aliphatic carbocycles. The van der Waals surface area contributed by atoms with Gasteiger partial charge in [-0.15, -0.1) is 0 Å². The van der Waals surface area contributed by atoms with Crippen LogP contribution in [0.4, 0.5) is 4.39 Å². The molecule has 66 valence electrons. The van der Waals surface area contributed by atoms with Gasteiger partial charge in [0.15, 0.2) is 0 Å². The van der Waals surface area contributed by atoms with E-state index < -0.39 is 0 Å². The van der Waals surface area contributed by atoms with Crippen LogP contribution in [0.3, 0.4) is 0 Å². The van der Waals surface area contributed by atoms with Gasteiger partial charge >= 0.3 is 0 Å². The average Bonchev–Trinajstić information content (AvgIpc) is 2.09. The van der Waals surface area contributed by atoms with Crippen LogP contribution in [-0.2, 0) is 6.42 Å². The summed E-state index contributed by atoms with van der Waals surface area (Å²) in [6.07, 6.45) is 1.79. The summed E-state index contributed by atoms with van der Waals surface area (Å²) in [6, 6.07) is 6.70. The first-order chi connectivity index (χ1) is 5.72. The Kier molecular flexibility index (Phi) is 3.23. The molecule has 0 aliphatic heterocycles. The van der Waals surface area contributed by atoms with Gasteiger partial charge < -0.3 is 5.73 Å². The quantitative estimate of drug-likeness (QED) is 0.733. The van der Waals surface area contributed by atoms with E-state index in [0.717, 1.165) is 18.4 Å². The highest BCUT2D eigenvalue weighted by atomic mass is 19.1. The minimum atomic E-state index is -0.191. The minimum Gasteiger partial charge on any atom is -0.327 e. The summed E-state index contributed by atoms with van der Waals surface area (Å²) in [5.41, 5.74) is 6.85. The Hall–Kier alpha value is -0.890. The van der Waals surface area contributed by atoms with E-state index in [2.05, 4.69) is 0 Å². The zero-order valence-corrected chi connectivity index (χ0v) is 7.26. The maximum Gasteiger partial charge on any atom is 0.123 e. The fraction of sp³-hybridized carbons (Fsp3) is 0.400. The van der Waals surface area contributed by atoms with E-state index in [9.17, 15) is 4.39 Å². The fourth-order valence-electron chi connectivity index (χ4n) is 1.07. The molecule has 0 heterocycles. The summed E-state index contributed by atoms with van der Waals surface area (Å²) in [5.74, 6) is -0.191. The van der Waals surface area contributed by atoms with Crippen molar-refractivity contribution in [3.8, 4) is 0 Å². The van der Waals surface area contributed by atoms with Gasteiger partial charge in [-0.05, 0) is 30.5 Å². The third-order valence-electron chi connectivity index (χ3n) is 1.94. The van der Waals surface area contributed by atoms with Gasteiger partial charge in [0.25, 0.3) is 0 Å². The van der Waals surface area contributed by atoms with E-state index in [1.54, 1.807) is 12.1 Å². The standard InChI is InChI=1S/C10H14FN/c1-2-10(12)7-8-3-5-9(11)6-4-8/h3-6,10H,2,7,12H2,1H3. The Morgan fingerprint density at radius 2 is 1.92 bits per heavy atom. The fourth-order valence-corrected chi connectivity index (χ4v) is 1.07. The predicted molar refractivity (Wildman–Crippen MR) is 48.4 cm³/mol. The second-order valence-corrected chi connectivity index (χ2v) is 3.00. The lowest BCUT2D eigenvalue weighted by atomic mass is 10.1. The first-order valence-corrected chi connectivity index (χ1v) is 4.22. The van der Waals surface area contributed by atoms with Crippen molar-refractivity contribution in [2.24, 2.45) is 5.73 Å². The van der Waals surface area contributed by atoms with Crippen LogP contribution in [0.1, 0.15) is 18.9 Å². The molecule has 2 N–H and O–H groups in total. The molecule has 0 aromatic heterocycles. The largest absolute Gasteiger partial charge is 0.327 e. The lowest BCUT2D eigenvalue weighted by Crippen LogP contribution is -2.21. The molecule has 12 heavy (non-hydrogen) atoms. The lowest BCUT2D eigenvalue weighted by Gasteiger charge is -2.07. The molecule has 0 fully saturated rings. The molecule has 0 saturated heterocycles. The number of halogens is 1. The van der Waals surface area contributed by atoms with Gasteiger partial charge in [-0.2, -0.15) is 0 Å². The Balaban J connectivity index is 2.58. The molecule has 2 heteroatoms. The van der Waals surface area contributed by atoms with Crippen LogP contribution >= 0.6 is 0 Å². The Labute approximate surface area is 72.4 Å². The van der Waals surface area contributed by atoms with Gasteiger partial charge in [-0.1, -0.05) is 19.1 Å². The van der Waals surface area contributed by atoms with E-state index in [1.807, 2.05) is 6.92 Å². The van der Waals surface area contributed by atoms with Gasteiger partial charge in [0, 0.05) is 6.04 Å². The van der Waals surface area contributed by atoms with Crippen molar-refractivity contribution in [3.63, 3.8) is 0 Å². The van der Waals surface area contributed by atoms with Crippen LogP contribution < -0.4 is 5.73 Å². The lowest BCUT2D eigenvalue weighted by molar-refractivity contribution is 0.621. The van der Waals surface area contributed by atoms with Crippen molar-refractivity contribution in [2.45, 2.75) is 25.8 Å². The monoisotopic (exact) mass is 167 g/mol. The summed E-state index contributed by atoms with van der Waals surface area (Å²) in [6.45, 7) is 2.05. The van der Waals surface area contributed by atoms with Crippen molar-refractivity contribution in [1.82, 2.24) is 0 Å². The Bertz CT molecular complexity index is 230. The zero-order chi connectivity index (χ0) is 8.97. The maximum absolute atomic E-state index is 12.5. The van der Waals surface area contributed by atoms with Gasteiger partial charge in [0.05, 0.1) is 0 Å². The van der Waals surface area contributed by atoms with E-state index in [1.165, 1.54) is 12.1 Å². The Morgan fingerprint density at radius 1 is 1.33 bits per heavy atom. The number of benzene rings is 1. The summed E-state index contributed by atoms with van der Waals surface area (Å²) in [4.78, 5) is 0. The third-order valence-corrected chi connectivity index (χ3v) is 1.94. The van der Waals surface area contributed by atoms with Crippen molar-refractivity contribution in [3.05, 3.63) is 35.6 Å². The van der Waals surface area contributed by atoms with Crippen LogP contribution in [0.2, 0.25) is 0 Å². The molecule has 1 aromatic carbocycles. The van der Waals surface area contributed by atoms with Gasteiger partial charge in [-0.25, -0.2) is 4.39 Å². The van der Waals surface area contributed by atoms with Gasteiger partial charge in [0.1, 0.15) is 5.82 Å². The first-order valence-electron chi connectivity index (χ1n) is 4.22. The molecule has 0 saturated carbocycles. The molecule has 1 nitrogen and oxygen atoms in total. The topological polar surface area (TPSA) is 26.0 Å². The molecular weight excluding hydrogens is 153 g/mol. The molecule has 1 unspecified atom stereocenters. The zero-order valence-electron chi connectivity index (χ0n) is 7.26. The molecule has 0 radical (unpaired) electrons. The Morgan fingerprint density at radius 3 is 2.42 bits per heavy atom. The van der Waals surface area contributed by atoms with Crippen LogP contribution in [0, 0.1) is 5.82 Å². The number of hydrogen-bond donors (Lipinski definition) is 1. The second-order valence-electron chi connectivity index (χ2n) is 3.00. The normalized spacial score (nSPS) is 12.9. The summed E-state index contributed by atoms with van der Waals surface area (Å²) >= 11 is 0. The van der Waals surface area contributed by atoms with Crippen molar-refractivity contribution in [1.29, 1.82) is 0 Å². The average molecular weight is 167 g/mol. The number of rotatable bonds is 3. The molecule has 0 amide bonds. The molecule has 0 spiro atoms. The van der Waals surface area contributed by atoms with Crippen LogP contribution in [0.15, 0.2) is 24.3 Å². The maximum atomic E-state index is 12.5. The second kappa shape index (κ2) is 4.21. The van der Waals surface area contributed by atoms with E-state index in [4.69, 9.17) is 5.73 Å². The third kappa shape index (κ3) is 2.62. The molecular formula is C10H14FN. The SMILES string of the molecule is CCC(N)Cc1ccc(F)cc1. The van der Waals surface area contributed by atoms with Crippen molar-refractivity contribution < 1.29 is 4.39 Å². The molecule has 0 bridgehead atoms. The van der Waals surface area contributed by atoms with E-state index >= 15 is 0 Å². The number of hydrogen-bond acceptors (Lipinski definition) is 1. The van der Waals surface area contributed by atoms with Gasteiger partial charge in [-0.3, -0.25) is 0 Å². The van der Waals surface area contributed by atoms with Gasteiger partial charge in [0.2, 0.25) is 0 Å². The highest BCUT2D eigenvalue weighted by Crippen LogP contribution is 2.05. The summed E-state index contributed by atoms with van der Waals surface area (Å²) in [5, 5.41) is 0. The highest BCUT2D eigenvalue weighted by molar-refractivity contribution is 5.16. The van der Waals surface area contributed by atoms with E-state index in [-0.39, 0.29) is 11.9 Å². The van der Waals surface area contributed by atoms with Crippen molar-refractivity contribution >= 4 is 0 Å². The highest BCUT2D eigenvalue weighted by Gasteiger charge is 2.00. The van der Waals surface area contributed by atoms with E-state index in [0.29, 0.717) is 0 Å². The summed E-state index contributed by atoms with van der Waals surface area (Å²) < 4.78 is 12.5. The predicted octanol–water partition coefficient (Wildman–Crippen LogP) is 2.11. The molecule has 1 rings (SSSR count). The minimum absolute atomic E-state index is 0.190. The van der Waals surface area contributed by atoms with Crippen molar-refractivity contribution in [2.75, 3.05) is 0 Å². The first kappa shape index (κ1) is 9.20. The molecule has 1 atom stereocenters. The summed E-state index contributed by atoms with van der Waals surface area (Å²) in [7, 11) is 0. The molecule has 0 aliphatic rings. The molecule has 1 aromatic rings.